The van der Waals surface area contributed by atoms with Crippen molar-refractivity contribution in [2.75, 3.05) is 6.61 Å². The van der Waals surface area contributed by atoms with Crippen LogP contribution in [0.2, 0.25) is 5.02 Å². The summed E-state index contributed by atoms with van der Waals surface area (Å²) < 4.78 is 5.28. The van der Waals surface area contributed by atoms with Crippen molar-refractivity contribution in [2.45, 2.75) is 6.92 Å². The third-order valence-electron chi connectivity index (χ3n) is 2.77. The fourth-order valence-corrected chi connectivity index (χ4v) is 1.94. The average molecular weight is 321 g/mol. The van der Waals surface area contributed by atoms with Crippen LogP contribution in [0.25, 0.3) is 0 Å². The maximum absolute atomic E-state index is 10.8. The molecule has 0 fully saturated rings. The third-order valence-corrected chi connectivity index (χ3v) is 3.09. The molecule has 0 saturated heterocycles. The molecule has 2 aromatic rings. The lowest BCUT2D eigenvalue weighted by atomic mass is 10.2. The number of ether oxygens (including phenoxy) is 1. The van der Waals surface area contributed by atoms with Gasteiger partial charge in [0, 0.05) is 12.3 Å². The Morgan fingerprint density at radius 2 is 2.14 bits per heavy atom. The predicted molar refractivity (Wildman–Crippen MR) is 84.6 cm³/mol. The zero-order valence-corrected chi connectivity index (χ0v) is 12.4. The number of hydrogen-bond acceptors (Lipinski definition) is 5. The second-order valence-corrected chi connectivity index (χ2v) is 4.72. The highest BCUT2D eigenvalue weighted by Crippen LogP contribution is 2.29. The summed E-state index contributed by atoms with van der Waals surface area (Å²) in [5.74, 6) is 0.398. The smallest absolute Gasteiger partial charge is 0.290 e. The van der Waals surface area contributed by atoms with Crippen molar-refractivity contribution in [3.63, 3.8) is 0 Å². The number of aliphatic imine (C=N–C) groups is 1. The van der Waals surface area contributed by atoms with Gasteiger partial charge in [0.1, 0.15) is 5.02 Å². The molecule has 114 valence electrons. The molecular weight excluding hydrogens is 308 g/mol. The van der Waals surface area contributed by atoms with E-state index in [1.165, 1.54) is 24.4 Å². The van der Waals surface area contributed by atoms with Crippen LogP contribution in [0.1, 0.15) is 12.5 Å². The minimum Gasteiger partial charge on any atom is -0.504 e. The first-order chi connectivity index (χ1) is 10.5. The molecule has 2 rings (SSSR count). The zero-order chi connectivity index (χ0) is 16.1. The number of nitro benzene ring substituents is 1. The molecule has 0 radical (unpaired) electrons. The lowest BCUT2D eigenvalue weighted by Crippen LogP contribution is -1.93. The highest BCUT2D eigenvalue weighted by molar-refractivity contribution is 6.32. The number of hydrogen-bond donors (Lipinski definition) is 1. The molecule has 22 heavy (non-hydrogen) atoms. The van der Waals surface area contributed by atoms with Crippen LogP contribution in [0.4, 0.5) is 11.4 Å². The number of nitro groups is 1. The molecule has 0 saturated carbocycles. The van der Waals surface area contributed by atoms with Gasteiger partial charge in [-0.3, -0.25) is 15.1 Å². The van der Waals surface area contributed by atoms with E-state index < -0.39 is 4.92 Å². The minimum atomic E-state index is -0.560. The van der Waals surface area contributed by atoms with Crippen LogP contribution in [0.15, 0.2) is 41.4 Å². The standard InChI is InChI=1S/C15H13ClN2O4/c1-2-22-15-7-10(3-6-14(15)19)9-17-11-4-5-12(16)13(8-11)18(20)21/h3-9,19H,2H2,1H3. The Morgan fingerprint density at radius 1 is 1.36 bits per heavy atom. The Balaban J connectivity index is 2.27. The van der Waals surface area contributed by atoms with Crippen molar-refractivity contribution >= 4 is 29.2 Å². The molecular formula is C15H13ClN2O4. The monoisotopic (exact) mass is 320 g/mol. The first-order valence-electron chi connectivity index (χ1n) is 6.45. The first kappa shape index (κ1) is 15.8. The number of benzene rings is 2. The molecule has 0 atom stereocenters. The molecule has 0 bridgehead atoms. The molecule has 0 amide bonds. The maximum Gasteiger partial charge on any atom is 0.290 e. The van der Waals surface area contributed by atoms with Gasteiger partial charge < -0.3 is 9.84 Å². The number of phenols is 1. The van der Waals surface area contributed by atoms with Gasteiger partial charge in [-0.05, 0) is 42.8 Å². The predicted octanol–water partition coefficient (Wildman–Crippen LogP) is 4.10. The SMILES string of the molecule is CCOc1cc(C=Nc2ccc(Cl)c([N+](=O)[O-])c2)ccc1O. The van der Waals surface area contributed by atoms with E-state index in [1.807, 2.05) is 6.92 Å². The van der Waals surface area contributed by atoms with Crippen LogP contribution in [-0.4, -0.2) is 22.9 Å². The molecule has 1 N–H and O–H groups in total. The molecule has 0 aliphatic heterocycles. The van der Waals surface area contributed by atoms with Crippen LogP contribution in [0, 0.1) is 10.1 Å². The van der Waals surface area contributed by atoms with Crippen molar-refractivity contribution in [3.05, 3.63) is 57.1 Å². The summed E-state index contributed by atoms with van der Waals surface area (Å²) in [6.07, 6.45) is 1.52. The van der Waals surface area contributed by atoms with Gasteiger partial charge in [-0.25, -0.2) is 0 Å². The number of nitrogens with zero attached hydrogens (tertiary/aromatic N) is 2. The fourth-order valence-electron chi connectivity index (χ4n) is 1.75. The molecule has 0 aromatic heterocycles. The van der Waals surface area contributed by atoms with Crippen LogP contribution < -0.4 is 4.74 Å². The molecule has 0 unspecified atom stereocenters. The summed E-state index contributed by atoms with van der Waals surface area (Å²) in [6.45, 7) is 2.24. The van der Waals surface area contributed by atoms with Crippen LogP contribution in [0.3, 0.4) is 0 Å². The summed E-state index contributed by atoms with van der Waals surface area (Å²) in [6, 6.07) is 9.09. The molecule has 6 nitrogen and oxygen atoms in total. The fraction of sp³-hybridized carbons (Fsp3) is 0.133. The third kappa shape index (κ3) is 3.73. The number of rotatable bonds is 5. The quantitative estimate of drug-likeness (QED) is 0.510. The number of halogens is 1. The summed E-state index contributed by atoms with van der Waals surface area (Å²) in [4.78, 5) is 14.4. The van der Waals surface area contributed by atoms with Gasteiger partial charge in [0.05, 0.1) is 17.2 Å². The van der Waals surface area contributed by atoms with Gasteiger partial charge in [0.15, 0.2) is 11.5 Å². The van der Waals surface area contributed by atoms with E-state index >= 15 is 0 Å². The lowest BCUT2D eigenvalue weighted by Gasteiger charge is -2.06. The summed E-state index contributed by atoms with van der Waals surface area (Å²) in [7, 11) is 0. The van der Waals surface area contributed by atoms with Crippen LogP contribution >= 0.6 is 11.6 Å². The normalized spacial score (nSPS) is 10.8. The molecule has 2 aromatic carbocycles. The van der Waals surface area contributed by atoms with E-state index in [9.17, 15) is 15.2 Å². The second-order valence-electron chi connectivity index (χ2n) is 4.31. The summed E-state index contributed by atoms with van der Waals surface area (Å²) >= 11 is 5.74. The summed E-state index contributed by atoms with van der Waals surface area (Å²) in [5, 5.41) is 20.5. The first-order valence-corrected chi connectivity index (χ1v) is 6.83. The van der Waals surface area contributed by atoms with Crippen molar-refractivity contribution in [1.29, 1.82) is 0 Å². The summed E-state index contributed by atoms with van der Waals surface area (Å²) in [5.41, 5.74) is 0.901. The minimum absolute atomic E-state index is 0.0427. The highest BCUT2D eigenvalue weighted by Gasteiger charge is 2.12. The lowest BCUT2D eigenvalue weighted by molar-refractivity contribution is -0.384. The Bertz CT molecular complexity index is 731. The molecule has 0 spiro atoms. The second kappa shape index (κ2) is 6.91. The van der Waals surface area contributed by atoms with E-state index in [2.05, 4.69) is 4.99 Å². The highest BCUT2D eigenvalue weighted by atomic mass is 35.5. The van der Waals surface area contributed by atoms with Crippen LogP contribution in [0.5, 0.6) is 11.5 Å². The maximum atomic E-state index is 10.8. The van der Waals surface area contributed by atoms with Crippen molar-refractivity contribution < 1.29 is 14.8 Å². The molecule has 0 heterocycles. The van der Waals surface area contributed by atoms with Gasteiger partial charge >= 0.3 is 0 Å². The number of phenolic OH excluding ortho intramolecular Hbond substituents is 1. The van der Waals surface area contributed by atoms with E-state index in [0.29, 0.717) is 23.6 Å². The van der Waals surface area contributed by atoms with Crippen molar-refractivity contribution in [3.8, 4) is 11.5 Å². The Labute approximate surface area is 131 Å². The van der Waals surface area contributed by atoms with Crippen molar-refractivity contribution in [2.24, 2.45) is 4.99 Å². The van der Waals surface area contributed by atoms with E-state index in [0.717, 1.165) is 0 Å². The Hall–Kier alpha value is -2.60. The molecule has 0 aliphatic carbocycles. The van der Waals surface area contributed by atoms with Crippen molar-refractivity contribution in [1.82, 2.24) is 0 Å². The van der Waals surface area contributed by atoms with E-state index in [1.54, 1.807) is 18.2 Å². The Morgan fingerprint density at radius 3 is 2.82 bits per heavy atom. The van der Waals surface area contributed by atoms with E-state index in [4.69, 9.17) is 16.3 Å². The van der Waals surface area contributed by atoms with Gasteiger partial charge in [-0.15, -0.1) is 0 Å². The van der Waals surface area contributed by atoms with Gasteiger partial charge in [0.2, 0.25) is 0 Å². The van der Waals surface area contributed by atoms with Gasteiger partial charge in [0.25, 0.3) is 5.69 Å². The van der Waals surface area contributed by atoms with E-state index in [-0.39, 0.29) is 16.5 Å². The largest absolute Gasteiger partial charge is 0.504 e. The van der Waals surface area contributed by atoms with Gasteiger partial charge in [-0.1, -0.05) is 11.6 Å². The molecule has 7 heteroatoms. The topological polar surface area (TPSA) is 85.0 Å². The Kier molecular flexibility index (Phi) is 4.95. The number of aromatic hydroxyl groups is 1. The molecule has 0 aliphatic rings. The zero-order valence-electron chi connectivity index (χ0n) is 11.7. The average Bonchev–Trinajstić information content (AvgIpc) is 2.49. The van der Waals surface area contributed by atoms with Gasteiger partial charge in [-0.2, -0.15) is 0 Å². The van der Waals surface area contributed by atoms with Crippen LogP contribution in [-0.2, 0) is 0 Å².